The van der Waals surface area contributed by atoms with Gasteiger partial charge in [0.05, 0.1) is 5.69 Å². The summed E-state index contributed by atoms with van der Waals surface area (Å²) in [4.78, 5) is 6.56. The van der Waals surface area contributed by atoms with Gasteiger partial charge in [0.2, 0.25) is 10.0 Å². The Kier molecular flexibility index (Phi) is 3.82. The minimum Gasteiger partial charge on any atom is -0.395 e. The van der Waals surface area contributed by atoms with Crippen molar-refractivity contribution in [3.8, 4) is 0 Å². The molecule has 2 aromatic rings. The molecule has 0 aliphatic rings. The van der Waals surface area contributed by atoms with Gasteiger partial charge in [-0.3, -0.25) is 0 Å². The number of sulfonamides is 1. The average molecular weight is 284 g/mol. The van der Waals surface area contributed by atoms with Crippen molar-refractivity contribution in [2.75, 3.05) is 12.3 Å². The quantitative estimate of drug-likeness (QED) is 0.702. The van der Waals surface area contributed by atoms with Crippen LogP contribution in [0.2, 0.25) is 0 Å². The van der Waals surface area contributed by atoms with Crippen molar-refractivity contribution in [1.29, 1.82) is 0 Å². The molecular formula is C11H13FN4O2S. The monoisotopic (exact) mass is 284 g/mol. The molecule has 2 rings (SSSR count). The van der Waals surface area contributed by atoms with Gasteiger partial charge in [0.25, 0.3) is 0 Å². The first-order valence-corrected chi connectivity index (χ1v) is 7.01. The van der Waals surface area contributed by atoms with E-state index in [1.165, 1.54) is 12.1 Å². The van der Waals surface area contributed by atoms with Crippen molar-refractivity contribution in [1.82, 2.24) is 14.7 Å². The van der Waals surface area contributed by atoms with Crippen LogP contribution in [0.3, 0.4) is 0 Å². The summed E-state index contributed by atoms with van der Waals surface area (Å²) in [6.07, 6.45) is 3.63. The molecule has 0 saturated carbocycles. The van der Waals surface area contributed by atoms with Crippen LogP contribution in [0.25, 0.3) is 0 Å². The lowest BCUT2D eigenvalue weighted by molar-refractivity contribution is 0.578. The number of benzene rings is 1. The molecule has 0 atom stereocenters. The predicted molar refractivity (Wildman–Crippen MR) is 68.3 cm³/mol. The zero-order chi connectivity index (χ0) is 13.9. The highest BCUT2D eigenvalue weighted by Crippen LogP contribution is 2.20. The van der Waals surface area contributed by atoms with Gasteiger partial charge in [-0.1, -0.05) is 6.07 Å². The molecule has 8 heteroatoms. The number of imidazole rings is 1. The van der Waals surface area contributed by atoms with Crippen LogP contribution in [0.5, 0.6) is 0 Å². The lowest BCUT2D eigenvalue weighted by atomic mass is 10.3. The van der Waals surface area contributed by atoms with Crippen molar-refractivity contribution in [2.24, 2.45) is 0 Å². The summed E-state index contributed by atoms with van der Waals surface area (Å²) in [5, 5.41) is 0. The Morgan fingerprint density at radius 2 is 2.21 bits per heavy atom. The second-order valence-electron chi connectivity index (χ2n) is 3.84. The molecule has 19 heavy (non-hydrogen) atoms. The number of hydrogen-bond acceptors (Lipinski definition) is 4. The number of halogens is 1. The van der Waals surface area contributed by atoms with Gasteiger partial charge in [-0.25, -0.2) is 22.5 Å². The Morgan fingerprint density at radius 1 is 1.42 bits per heavy atom. The van der Waals surface area contributed by atoms with Crippen molar-refractivity contribution in [3.05, 3.63) is 42.2 Å². The van der Waals surface area contributed by atoms with Crippen LogP contribution < -0.4 is 10.5 Å². The molecule has 0 fully saturated rings. The summed E-state index contributed by atoms with van der Waals surface area (Å²) < 4.78 is 39.5. The summed E-state index contributed by atoms with van der Waals surface area (Å²) in [6, 6.07) is 3.66. The fourth-order valence-electron chi connectivity index (χ4n) is 1.57. The molecule has 0 saturated heterocycles. The number of nitrogens with one attached hydrogen (secondary N) is 2. The lowest BCUT2D eigenvalue weighted by Crippen LogP contribution is -2.27. The molecule has 1 aromatic carbocycles. The van der Waals surface area contributed by atoms with E-state index in [1.54, 1.807) is 12.4 Å². The highest BCUT2D eigenvalue weighted by molar-refractivity contribution is 7.89. The topological polar surface area (TPSA) is 101 Å². The normalized spacial score (nSPS) is 11.6. The molecule has 4 N–H and O–H groups in total. The van der Waals surface area contributed by atoms with Crippen molar-refractivity contribution in [3.63, 3.8) is 0 Å². The van der Waals surface area contributed by atoms with Crippen molar-refractivity contribution < 1.29 is 12.8 Å². The number of nitrogen functional groups attached to an aromatic ring is 1. The van der Waals surface area contributed by atoms with Crippen molar-refractivity contribution >= 4 is 15.7 Å². The third-order valence-electron chi connectivity index (χ3n) is 2.51. The third-order valence-corrected chi connectivity index (χ3v) is 4.03. The van der Waals surface area contributed by atoms with Crippen LogP contribution in [0.1, 0.15) is 5.82 Å². The zero-order valence-corrected chi connectivity index (χ0v) is 10.7. The smallest absolute Gasteiger partial charge is 0.242 e. The van der Waals surface area contributed by atoms with Crippen LogP contribution in [0, 0.1) is 5.82 Å². The SMILES string of the molecule is Nc1c(F)cccc1S(=O)(=O)NCCc1ncc[nH]1. The number of para-hydroxylation sites is 1. The van der Waals surface area contributed by atoms with Crippen LogP contribution in [-0.4, -0.2) is 24.9 Å². The summed E-state index contributed by atoms with van der Waals surface area (Å²) in [7, 11) is -3.82. The molecule has 0 aliphatic heterocycles. The first-order chi connectivity index (χ1) is 9.00. The van der Waals surface area contributed by atoms with Crippen LogP contribution in [-0.2, 0) is 16.4 Å². The number of aromatic nitrogens is 2. The highest BCUT2D eigenvalue weighted by Gasteiger charge is 2.18. The van der Waals surface area contributed by atoms with Gasteiger partial charge < -0.3 is 10.7 Å². The van der Waals surface area contributed by atoms with E-state index in [1.807, 2.05) is 0 Å². The molecule has 0 amide bonds. The van der Waals surface area contributed by atoms with Gasteiger partial charge in [0, 0.05) is 25.4 Å². The molecule has 102 valence electrons. The molecule has 0 unspecified atom stereocenters. The number of anilines is 1. The van der Waals surface area contributed by atoms with Gasteiger partial charge in [0.1, 0.15) is 16.5 Å². The Bertz CT molecular complexity index is 655. The molecule has 0 aliphatic carbocycles. The first kappa shape index (κ1) is 13.5. The summed E-state index contributed by atoms with van der Waals surface area (Å²) in [5.41, 5.74) is 5.04. The first-order valence-electron chi connectivity index (χ1n) is 5.52. The largest absolute Gasteiger partial charge is 0.395 e. The summed E-state index contributed by atoms with van der Waals surface area (Å²) in [5.74, 6) is -0.0937. The molecule has 1 aromatic heterocycles. The van der Waals surface area contributed by atoms with Crippen LogP contribution in [0.4, 0.5) is 10.1 Å². The van der Waals surface area contributed by atoms with E-state index in [0.29, 0.717) is 12.2 Å². The molecule has 6 nitrogen and oxygen atoms in total. The van der Waals surface area contributed by atoms with E-state index in [4.69, 9.17) is 5.73 Å². The molecule has 0 radical (unpaired) electrons. The lowest BCUT2D eigenvalue weighted by Gasteiger charge is -2.08. The van der Waals surface area contributed by atoms with Crippen LogP contribution in [0.15, 0.2) is 35.5 Å². The van der Waals surface area contributed by atoms with E-state index in [0.717, 1.165) is 6.07 Å². The molecule has 1 heterocycles. The van der Waals surface area contributed by atoms with Gasteiger partial charge in [-0.05, 0) is 12.1 Å². The predicted octanol–water partition coefficient (Wildman–Crippen LogP) is 0.652. The standard InChI is InChI=1S/C11H13FN4O2S/c12-8-2-1-3-9(11(8)13)19(17,18)16-5-4-10-14-6-7-15-10/h1-3,6-7,16H,4-5,13H2,(H,14,15). The number of rotatable bonds is 5. The number of nitrogens with two attached hydrogens (primary N) is 1. The van der Waals surface area contributed by atoms with Crippen molar-refractivity contribution in [2.45, 2.75) is 11.3 Å². The maximum absolute atomic E-state index is 13.2. The minimum absolute atomic E-state index is 0.145. The van der Waals surface area contributed by atoms with E-state index in [-0.39, 0.29) is 17.1 Å². The van der Waals surface area contributed by atoms with E-state index in [9.17, 15) is 12.8 Å². The minimum atomic E-state index is -3.82. The summed E-state index contributed by atoms with van der Waals surface area (Å²) in [6.45, 7) is 0.145. The van der Waals surface area contributed by atoms with E-state index < -0.39 is 15.8 Å². The average Bonchev–Trinajstić information content (AvgIpc) is 2.85. The number of aromatic amines is 1. The van der Waals surface area contributed by atoms with Gasteiger partial charge in [0.15, 0.2) is 0 Å². The van der Waals surface area contributed by atoms with Gasteiger partial charge >= 0.3 is 0 Å². The fraction of sp³-hybridized carbons (Fsp3) is 0.182. The fourth-order valence-corrected chi connectivity index (χ4v) is 2.74. The van der Waals surface area contributed by atoms with Gasteiger partial charge in [-0.2, -0.15) is 0 Å². The maximum atomic E-state index is 13.2. The number of hydrogen-bond donors (Lipinski definition) is 3. The molecule has 0 spiro atoms. The Labute approximate surface area is 109 Å². The highest BCUT2D eigenvalue weighted by atomic mass is 32.2. The zero-order valence-electron chi connectivity index (χ0n) is 9.93. The second-order valence-corrected chi connectivity index (χ2v) is 5.57. The second kappa shape index (κ2) is 5.37. The number of H-pyrrole nitrogens is 1. The molecular weight excluding hydrogens is 271 g/mol. The van der Waals surface area contributed by atoms with E-state index in [2.05, 4.69) is 14.7 Å². The number of nitrogens with zero attached hydrogens (tertiary/aromatic N) is 1. The Hall–Kier alpha value is -1.93. The molecule has 0 bridgehead atoms. The Balaban J connectivity index is 2.08. The summed E-state index contributed by atoms with van der Waals surface area (Å²) >= 11 is 0. The maximum Gasteiger partial charge on any atom is 0.242 e. The Morgan fingerprint density at radius 3 is 2.89 bits per heavy atom. The van der Waals surface area contributed by atoms with E-state index >= 15 is 0 Å². The third kappa shape index (κ3) is 3.09. The van der Waals surface area contributed by atoms with Gasteiger partial charge in [-0.15, -0.1) is 0 Å². The van der Waals surface area contributed by atoms with Crippen LogP contribution >= 0.6 is 0 Å².